The minimum atomic E-state index is -1.00. The second-order valence-electron chi connectivity index (χ2n) is 11.3. The predicted molar refractivity (Wildman–Crippen MR) is 164 cm³/mol. The minimum absolute atomic E-state index is 0.0170. The zero-order valence-corrected chi connectivity index (χ0v) is 24.9. The van der Waals surface area contributed by atoms with Crippen LogP contribution in [0.4, 0.5) is 8.78 Å². The van der Waals surface area contributed by atoms with Crippen LogP contribution in [0.2, 0.25) is 0 Å². The normalized spacial score (nSPS) is 14.0. The van der Waals surface area contributed by atoms with Gasteiger partial charge in [-0.15, -0.1) is 0 Å². The second-order valence-corrected chi connectivity index (χ2v) is 11.3. The zero-order valence-electron chi connectivity index (χ0n) is 24.9. The number of amides is 1. The van der Waals surface area contributed by atoms with Gasteiger partial charge in [0.1, 0.15) is 5.69 Å². The van der Waals surface area contributed by atoms with E-state index >= 15 is 0 Å². The number of aromatic nitrogens is 3. The quantitative estimate of drug-likeness (QED) is 0.199. The third-order valence-electron chi connectivity index (χ3n) is 8.33. The van der Waals surface area contributed by atoms with Gasteiger partial charge in [-0.2, -0.15) is 5.10 Å². The first kappa shape index (κ1) is 30.0. The lowest BCUT2D eigenvalue weighted by molar-refractivity contribution is 0.0943. The molecule has 1 amide bonds. The van der Waals surface area contributed by atoms with E-state index in [4.69, 9.17) is 0 Å². The lowest BCUT2D eigenvalue weighted by Crippen LogP contribution is -2.26. The molecule has 0 bridgehead atoms. The van der Waals surface area contributed by atoms with E-state index in [1.807, 2.05) is 49.4 Å². The number of ketones is 2. The maximum atomic E-state index is 13.7. The third kappa shape index (κ3) is 6.14. The Morgan fingerprint density at radius 2 is 1.73 bits per heavy atom. The highest BCUT2D eigenvalue weighted by molar-refractivity contribution is 6.03. The molecule has 1 aliphatic carbocycles. The molecule has 0 fully saturated rings. The number of nitrogens with zero attached hydrogens (tertiary/aromatic N) is 3. The van der Waals surface area contributed by atoms with Gasteiger partial charge in [0.15, 0.2) is 28.8 Å². The lowest BCUT2D eigenvalue weighted by atomic mass is 9.96. The van der Waals surface area contributed by atoms with E-state index in [0.717, 1.165) is 47.2 Å². The number of rotatable bonds is 10. The number of Topliss-reactive ketones (excluding diaryl/α,β-unsaturated/α-hetero) is 2. The fourth-order valence-corrected chi connectivity index (χ4v) is 5.96. The monoisotopic (exact) mass is 607 g/mol. The summed E-state index contributed by atoms with van der Waals surface area (Å²) in [5.74, 6) is -2.66. The Morgan fingerprint density at radius 3 is 2.49 bits per heavy atom. The summed E-state index contributed by atoms with van der Waals surface area (Å²) in [4.78, 5) is 43.3. The van der Waals surface area contributed by atoms with Gasteiger partial charge in [0.2, 0.25) is 0 Å². The molecule has 10 heteroatoms. The van der Waals surface area contributed by atoms with Crippen molar-refractivity contribution < 1.29 is 23.2 Å². The van der Waals surface area contributed by atoms with E-state index in [9.17, 15) is 23.2 Å². The second kappa shape index (κ2) is 12.5. The van der Waals surface area contributed by atoms with Gasteiger partial charge in [-0.25, -0.2) is 18.3 Å². The Hall–Kier alpha value is -5.09. The van der Waals surface area contributed by atoms with Crippen molar-refractivity contribution in [2.45, 2.75) is 52.2 Å². The SMILES string of the molecule is CC(=O)c1ccc2c(c1C)CC[C@@H]2NCc1cc(C(=O)NCc2ccc(F)c(F)c2)nc2c(C(=O)Cc3ccccc3)cnn12. The molecule has 228 valence electrons. The first-order valence-electron chi connectivity index (χ1n) is 14.7. The van der Waals surface area contributed by atoms with Crippen molar-refractivity contribution in [3.63, 3.8) is 0 Å². The van der Waals surface area contributed by atoms with Gasteiger partial charge < -0.3 is 10.6 Å². The van der Waals surface area contributed by atoms with E-state index in [1.54, 1.807) is 17.5 Å². The molecule has 0 aliphatic heterocycles. The summed E-state index contributed by atoms with van der Waals surface area (Å²) in [5.41, 5.74) is 6.47. The van der Waals surface area contributed by atoms with Gasteiger partial charge in [-0.05, 0) is 72.7 Å². The van der Waals surface area contributed by atoms with E-state index in [1.165, 1.54) is 17.8 Å². The summed E-state index contributed by atoms with van der Waals surface area (Å²) in [5, 5.41) is 10.8. The van der Waals surface area contributed by atoms with Crippen LogP contribution in [0.1, 0.15) is 84.1 Å². The summed E-state index contributed by atoms with van der Waals surface area (Å²) < 4.78 is 28.7. The largest absolute Gasteiger partial charge is 0.347 e. The van der Waals surface area contributed by atoms with Crippen LogP contribution in [-0.4, -0.2) is 32.1 Å². The molecule has 0 spiro atoms. The van der Waals surface area contributed by atoms with Crippen molar-refractivity contribution in [1.29, 1.82) is 0 Å². The highest BCUT2D eigenvalue weighted by Gasteiger charge is 2.26. The van der Waals surface area contributed by atoms with Crippen LogP contribution in [-0.2, 0) is 25.9 Å². The average molecular weight is 608 g/mol. The van der Waals surface area contributed by atoms with Crippen molar-refractivity contribution in [3.8, 4) is 0 Å². The van der Waals surface area contributed by atoms with Gasteiger partial charge in [0.05, 0.1) is 17.5 Å². The first-order chi connectivity index (χ1) is 21.7. The van der Waals surface area contributed by atoms with Crippen LogP contribution in [0.15, 0.2) is 72.9 Å². The van der Waals surface area contributed by atoms with Crippen LogP contribution < -0.4 is 10.6 Å². The summed E-state index contributed by atoms with van der Waals surface area (Å²) >= 11 is 0. The van der Waals surface area contributed by atoms with Crippen LogP contribution in [0.5, 0.6) is 0 Å². The molecular weight excluding hydrogens is 576 g/mol. The number of carbonyl (C=O) groups is 3. The van der Waals surface area contributed by atoms with Crippen molar-refractivity contribution in [3.05, 3.63) is 135 Å². The number of fused-ring (bicyclic) bond motifs is 2. The molecule has 45 heavy (non-hydrogen) atoms. The fourth-order valence-electron chi connectivity index (χ4n) is 5.96. The van der Waals surface area contributed by atoms with E-state index in [-0.39, 0.29) is 47.5 Å². The Kier molecular flexibility index (Phi) is 8.32. The Bertz CT molecular complexity index is 1950. The van der Waals surface area contributed by atoms with Crippen molar-refractivity contribution in [1.82, 2.24) is 25.2 Å². The molecular formula is C35H31F2N5O3. The first-order valence-corrected chi connectivity index (χ1v) is 14.7. The molecule has 0 unspecified atom stereocenters. The van der Waals surface area contributed by atoms with Gasteiger partial charge in [0.25, 0.3) is 5.91 Å². The molecule has 2 heterocycles. The smallest absolute Gasteiger partial charge is 0.270 e. The number of carbonyl (C=O) groups excluding carboxylic acids is 3. The van der Waals surface area contributed by atoms with Gasteiger partial charge in [-0.1, -0.05) is 48.5 Å². The number of halogens is 2. The number of benzene rings is 3. The lowest BCUT2D eigenvalue weighted by Gasteiger charge is -2.17. The van der Waals surface area contributed by atoms with E-state index in [0.29, 0.717) is 17.8 Å². The molecule has 8 nitrogen and oxygen atoms in total. The summed E-state index contributed by atoms with van der Waals surface area (Å²) in [6.07, 6.45) is 3.29. The summed E-state index contributed by atoms with van der Waals surface area (Å²) in [7, 11) is 0. The molecule has 2 aromatic heterocycles. The molecule has 2 N–H and O–H groups in total. The topological polar surface area (TPSA) is 105 Å². The van der Waals surface area contributed by atoms with Crippen LogP contribution in [0.3, 0.4) is 0 Å². The maximum absolute atomic E-state index is 13.7. The van der Waals surface area contributed by atoms with Gasteiger partial charge in [0, 0.05) is 31.1 Å². The zero-order chi connectivity index (χ0) is 31.7. The van der Waals surface area contributed by atoms with Gasteiger partial charge >= 0.3 is 0 Å². The van der Waals surface area contributed by atoms with Crippen molar-refractivity contribution in [2.75, 3.05) is 0 Å². The molecule has 0 radical (unpaired) electrons. The van der Waals surface area contributed by atoms with E-state index in [2.05, 4.69) is 20.7 Å². The third-order valence-corrected chi connectivity index (χ3v) is 8.33. The van der Waals surface area contributed by atoms with Crippen LogP contribution in [0.25, 0.3) is 5.65 Å². The highest BCUT2D eigenvalue weighted by Crippen LogP contribution is 2.35. The molecule has 1 aliphatic rings. The Balaban J connectivity index is 1.30. The molecule has 3 aromatic carbocycles. The van der Waals surface area contributed by atoms with E-state index < -0.39 is 17.5 Å². The minimum Gasteiger partial charge on any atom is -0.347 e. The Labute approximate surface area is 258 Å². The predicted octanol–water partition coefficient (Wildman–Crippen LogP) is 5.65. The molecule has 6 rings (SSSR count). The van der Waals surface area contributed by atoms with Crippen molar-refractivity contribution in [2.24, 2.45) is 0 Å². The van der Waals surface area contributed by atoms with Crippen LogP contribution >= 0.6 is 0 Å². The number of nitrogens with one attached hydrogen (secondary N) is 2. The summed E-state index contributed by atoms with van der Waals surface area (Å²) in [6.45, 7) is 3.82. The molecule has 0 saturated heterocycles. The van der Waals surface area contributed by atoms with Crippen LogP contribution in [0, 0.1) is 18.6 Å². The number of hydrogen-bond donors (Lipinski definition) is 2. The average Bonchev–Trinajstić information content (AvgIpc) is 3.66. The molecule has 5 aromatic rings. The summed E-state index contributed by atoms with van der Waals surface area (Å²) in [6, 6.07) is 18.2. The maximum Gasteiger partial charge on any atom is 0.270 e. The highest BCUT2D eigenvalue weighted by atomic mass is 19.2. The Morgan fingerprint density at radius 1 is 0.933 bits per heavy atom. The fraction of sp³-hybridized carbons (Fsp3) is 0.229. The molecule has 0 saturated carbocycles. The number of hydrogen-bond acceptors (Lipinski definition) is 6. The standard InChI is InChI=1S/C35H31F2N5O3/c1-20-25(21(2)43)9-10-27-26(20)11-13-31(27)38-18-24-16-32(35(45)39-17-23-8-12-29(36)30(37)14-23)41-34-28(19-40-42(24)34)33(44)15-22-6-4-3-5-7-22/h3-10,12,14,16,19,31,38H,11,13,15,17-18H2,1-2H3,(H,39,45)/t31-/m0/s1. The molecule has 1 atom stereocenters. The van der Waals surface area contributed by atoms with Gasteiger partial charge in [-0.3, -0.25) is 14.4 Å². The van der Waals surface area contributed by atoms with Crippen molar-refractivity contribution >= 4 is 23.1 Å².